The van der Waals surface area contributed by atoms with Gasteiger partial charge < -0.3 is 9.32 Å². The van der Waals surface area contributed by atoms with Crippen LogP contribution in [0.25, 0.3) is 11.5 Å². The zero-order chi connectivity index (χ0) is 19.3. The molecule has 0 unspecified atom stereocenters. The highest BCUT2D eigenvalue weighted by Gasteiger charge is 2.29. The molecule has 1 aliphatic rings. The van der Waals surface area contributed by atoms with Crippen LogP contribution in [-0.4, -0.2) is 34.1 Å². The Morgan fingerprint density at radius 1 is 1.04 bits per heavy atom. The molecule has 28 heavy (non-hydrogen) atoms. The molecule has 7 heteroatoms. The van der Waals surface area contributed by atoms with Crippen molar-refractivity contribution in [2.24, 2.45) is 0 Å². The molecule has 1 aliphatic heterocycles. The molecule has 144 valence electrons. The van der Waals surface area contributed by atoms with E-state index >= 15 is 0 Å². The number of benzene rings is 2. The zero-order valence-corrected chi connectivity index (χ0v) is 17.7. The highest BCUT2D eigenvalue weighted by Crippen LogP contribution is 2.37. The van der Waals surface area contributed by atoms with Crippen molar-refractivity contribution in [2.75, 3.05) is 13.1 Å². The number of nitrogens with zero attached hydrogens (tertiary/aromatic N) is 3. The smallest absolute Gasteiger partial charge is 0.277 e. The number of halogens is 1. The maximum absolute atomic E-state index is 13.2. The molecule has 1 aromatic heterocycles. The Morgan fingerprint density at radius 3 is 2.57 bits per heavy atom. The van der Waals surface area contributed by atoms with Crippen molar-refractivity contribution in [1.29, 1.82) is 0 Å². The summed E-state index contributed by atoms with van der Waals surface area (Å²) in [5, 5.41) is 8.34. The van der Waals surface area contributed by atoms with Crippen molar-refractivity contribution in [2.45, 2.75) is 29.7 Å². The van der Waals surface area contributed by atoms with Crippen LogP contribution in [0.4, 0.5) is 0 Å². The second-order valence-electron chi connectivity index (χ2n) is 6.68. The highest BCUT2D eigenvalue weighted by molar-refractivity contribution is 9.10. The number of thioether (sulfide) groups is 1. The lowest BCUT2D eigenvalue weighted by Gasteiger charge is -2.29. The number of carbonyl (C=O) groups excluding carboxylic acids is 1. The topological polar surface area (TPSA) is 59.2 Å². The van der Waals surface area contributed by atoms with Crippen LogP contribution in [0.5, 0.6) is 0 Å². The van der Waals surface area contributed by atoms with E-state index in [2.05, 4.69) is 26.1 Å². The van der Waals surface area contributed by atoms with Crippen LogP contribution >= 0.6 is 27.7 Å². The molecule has 5 nitrogen and oxygen atoms in total. The van der Waals surface area contributed by atoms with Crippen molar-refractivity contribution < 1.29 is 9.21 Å². The monoisotopic (exact) mass is 457 g/mol. The Morgan fingerprint density at radius 2 is 1.82 bits per heavy atom. The molecule has 1 amide bonds. The molecule has 3 aromatic rings. The summed E-state index contributed by atoms with van der Waals surface area (Å²) in [7, 11) is 0. The van der Waals surface area contributed by atoms with Gasteiger partial charge in [-0.1, -0.05) is 52.3 Å². The van der Waals surface area contributed by atoms with Crippen molar-refractivity contribution in [3.05, 3.63) is 64.6 Å². The van der Waals surface area contributed by atoms with Gasteiger partial charge in [0.05, 0.1) is 0 Å². The lowest BCUT2D eigenvalue weighted by molar-refractivity contribution is -0.131. The Labute approximate surface area is 176 Å². The minimum Gasteiger partial charge on any atom is -0.411 e. The van der Waals surface area contributed by atoms with Crippen LogP contribution in [-0.2, 0) is 4.79 Å². The molecule has 0 saturated carbocycles. The first-order chi connectivity index (χ1) is 13.7. The van der Waals surface area contributed by atoms with E-state index in [-0.39, 0.29) is 5.91 Å². The maximum atomic E-state index is 13.2. The SMILES string of the molecule is O=C([C@H](Sc1nnc(-c2cccc(Br)c2)o1)c1ccccc1)N1CCCCC1. The largest absolute Gasteiger partial charge is 0.411 e. The third kappa shape index (κ3) is 4.47. The third-order valence-electron chi connectivity index (χ3n) is 4.69. The van der Waals surface area contributed by atoms with Gasteiger partial charge >= 0.3 is 0 Å². The van der Waals surface area contributed by atoms with Crippen molar-refractivity contribution in [3.8, 4) is 11.5 Å². The van der Waals surface area contributed by atoms with Crippen LogP contribution < -0.4 is 0 Å². The second-order valence-corrected chi connectivity index (χ2v) is 8.65. The molecule has 0 spiro atoms. The summed E-state index contributed by atoms with van der Waals surface area (Å²) in [6.07, 6.45) is 3.31. The number of amides is 1. The molecule has 1 atom stereocenters. The minimum absolute atomic E-state index is 0.109. The number of hydrogen-bond donors (Lipinski definition) is 0. The maximum Gasteiger partial charge on any atom is 0.277 e. The van der Waals surface area contributed by atoms with Gasteiger partial charge in [-0.15, -0.1) is 10.2 Å². The van der Waals surface area contributed by atoms with Gasteiger partial charge in [0.25, 0.3) is 5.22 Å². The third-order valence-corrected chi connectivity index (χ3v) is 6.26. The highest BCUT2D eigenvalue weighted by atomic mass is 79.9. The van der Waals surface area contributed by atoms with E-state index in [0.717, 1.165) is 41.5 Å². The van der Waals surface area contributed by atoms with Gasteiger partial charge in [0, 0.05) is 23.1 Å². The van der Waals surface area contributed by atoms with Gasteiger partial charge in [0.2, 0.25) is 11.8 Å². The van der Waals surface area contributed by atoms with E-state index < -0.39 is 5.25 Å². The molecule has 2 heterocycles. The average Bonchev–Trinajstić information content (AvgIpc) is 3.22. The second kappa shape index (κ2) is 8.92. The summed E-state index contributed by atoms with van der Waals surface area (Å²) in [5.74, 6) is 0.555. The lowest BCUT2D eigenvalue weighted by atomic mass is 10.1. The summed E-state index contributed by atoms with van der Waals surface area (Å²) in [4.78, 5) is 15.2. The molecule has 1 fully saturated rings. The number of rotatable bonds is 5. The van der Waals surface area contributed by atoms with Gasteiger partial charge in [-0.2, -0.15) is 0 Å². The Kier molecular flexibility index (Phi) is 6.12. The molecule has 1 saturated heterocycles. The fourth-order valence-corrected chi connectivity index (χ4v) is 4.62. The Balaban J connectivity index is 1.58. The number of carbonyl (C=O) groups is 1. The van der Waals surface area contributed by atoms with Crippen LogP contribution in [0.2, 0.25) is 0 Å². The first-order valence-corrected chi connectivity index (χ1v) is 11.0. The number of piperidine rings is 1. The predicted molar refractivity (Wildman–Crippen MR) is 113 cm³/mol. The van der Waals surface area contributed by atoms with Gasteiger partial charge in [-0.05, 0) is 54.8 Å². The van der Waals surface area contributed by atoms with Crippen LogP contribution in [0.3, 0.4) is 0 Å². The van der Waals surface area contributed by atoms with E-state index in [1.807, 2.05) is 59.5 Å². The van der Waals surface area contributed by atoms with Crippen LogP contribution in [0, 0.1) is 0 Å². The van der Waals surface area contributed by atoms with Crippen molar-refractivity contribution in [3.63, 3.8) is 0 Å². The molecule has 4 rings (SSSR count). The van der Waals surface area contributed by atoms with Gasteiger partial charge in [-0.3, -0.25) is 4.79 Å². The van der Waals surface area contributed by atoms with E-state index in [9.17, 15) is 4.79 Å². The minimum atomic E-state index is -0.393. The van der Waals surface area contributed by atoms with Crippen molar-refractivity contribution >= 4 is 33.6 Å². The van der Waals surface area contributed by atoms with Gasteiger partial charge in [0.1, 0.15) is 5.25 Å². The molecule has 0 aliphatic carbocycles. The molecule has 0 bridgehead atoms. The molecule has 0 N–H and O–H groups in total. The first-order valence-electron chi connectivity index (χ1n) is 9.30. The zero-order valence-electron chi connectivity index (χ0n) is 15.3. The average molecular weight is 458 g/mol. The molecule has 0 radical (unpaired) electrons. The summed E-state index contributed by atoms with van der Waals surface area (Å²) >= 11 is 4.78. The van der Waals surface area contributed by atoms with E-state index in [1.54, 1.807) is 0 Å². The van der Waals surface area contributed by atoms with Gasteiger partial charge in [0.15, 0.2) is 0 Å². The van der Waals surface area contributed by atoms with Crippen LogP contribution in [0.15, 0.2) is 68.7 Å². The Bertz CT molecular complexity index is 942. The summed E-state index contributed by atoms with van der Waals surface area (Å²) in [5.41, 5.74) is 1.79. The van der Waals surface area contributed by atoms with E-state index in [4.69, 9.17) is 4.42 Å². The fourth-order valence-electron chi connectivity index (χ4n) is 3.27. The summed E-state index contributed by atoms with van der Waals surface area (Å²) in [6, 6.07) is 17.5. The summed E-state index contributed by atoms with van der Waals surface area (Å²) in [6.45, 7) is 1.63. The molecular weight excluding hydrogens is 438 g/mol. The predicted octanol–water partition coefficient (Wildman–Crippen LogP) is 5.35. The Hall–Kier alpha value is -2.12. The summed E-state index contributed by atoms with van der Waals surface area (Å²) < 4.78 is 6.81. The first kappa shape index (κ1) is 19.2. The lowest BCUT2D eigenvalue weighted by Crippen LogP contribution is -2.38. The van der Waals surface area contributed by atoms with Gasteiger partial charge in [-0.25, -0.2) is 0 Å². The fraction of sp³-hybridized carbons (Fsp3) is 0.286. The van der Waals surface area contributed by atoms with Crippen LogP contribution in [0.1, 0.15) is 30.1 Å². The number of aromatic nitrogens is 2. The van der Waals surface area contributed by atoms with E-state index in [1.165, 1.54) is 18.2 Å². The number of hydrogen-bond acceptors (Lipinski definition) is 5. The molecular formula is C21H20BrN3O2S. The standard InChI is InChI=1S/C21H20BrN3O2S/c22-17-11-7-10-16(14-17)19-23-24-21(27-19)28-18(15-8-3-1-4-9-15)20(26)25-12-5-2-6-13-25/h1,3-4,7-11,14,18H,2,5-6,12-13H2/t18-/m1/s1. The quantitative estimate of drug-likeness (QED) is 0.483. The van der Waals surface area contributed by atoms with Crippen molar-refractivity contribution in [1.82, 2.24) is 15.1 Å². The normalized spacial score (nSPS) is 15.4. The molecule has 2 aromatic carbocycles. The van der Waals surface area contributed by atoms with E-state index in [0.29, 0.717) is 11.1 Å². The number of likely N-dealkylation sites (tertiary alicyclic amines) is 1.